The van der Waals surface area contributed by atoms with E-state index in [1.807, 2.05) is 11.8 Å². The molecule has 0 aromatic rings. The molecule has 0 spiro atoms. The fraction of sp³-hybridized carbons (Fsp3) is 0.818. The molecule has 1 aliphatic heterocycles. The van der Waals surface area contributed by atoms with Crippen LogP contribution in [0, 0.1) is 5.92 Å². The highest BCUT2D eigenvalue weighted by Crippen LogP contribution is 2.20. The summed E-state index contributed by atoms with van der Waals surface area (Å²) >= 11 is 0. The number of rotatable bonds is 3. The molecule has 0 N–H and O–H groups in total. The van der Waals surface area contributed by atoms with Crippen molar-refractivity contribution in [3.63, 3.8) is 0 Å². The Morgan fingerprint density at radius 2 is 1.86 bits per heavy atom. The summed E-state index contributed by atoms with van der Waals surface area (Å²) in [4.78, 5) is 24.2. The maximum atomic E-state index is 11.4. The van der Waals surface area contributed by atoms with Crippen LogP contribution in [0.2, 0.25) is 0 Å². The summed E-state index contributed by atoms with van der Waals surface area (Å²) in [5.74, 6) is 1.02. The zero-order chi connectivity index (χ0) is 10.6. The van der Waals surface area contributed by atoms with Crippen molar-refractivity contribution in [2.24, 2.45) is 5.92 Å². The van der Waals surface area contributed by atoms with Crippen molar-refractivity contribution in [3.05, 3.63) is 0 Å². The van der Waals surface area contributed by atoms with Gasteiger partial charge in [-0.05, 0) is 25.7 Å². The minimum absolute atomic E-state index is 0.242. The topological polar surface area (TPSA) is 37.4 Å². The molecule has 1 rings (SSSR count). The van der Waals surface area contributed by atoms with Crippen LogP contribution in [0.3, 0.4) is 0 Å². The van der Waals surface area contributed by atoms with Gasteiger partial charge in [-0.2, -0.15) is 0 Å². The first-order valence-electron chi connectivity index (χ1n) is 5.40. The van der Waals surface area contributed by atoms with Crippen LogP contribution in [0.5, 0.6) is 0 Å². The fourth-order valence-corrected chi connectivity index (χ4v) is 2.02. The number of Topliss-reactive ketones (excluding diaryl/α,β-unsaturated/α-hetero) is 1. The van der Waals surface area contributed by atoms with E-state index < -0.39 is 0 Å². The van der Waals surface area contributed by atoms with E-state index in [2.05, 4.69) is 0 Å². The highest BCUT2D eigenvalue weighted by atomic mass is 16.2. The van der Waals surface area contributed by atoms with Crippen LogP contribution in [0.1, 0.15) is 39.5 Å². The Morgan fingerprint density at radius 1 is 1.29 bits per heavy atom. The van der Waals surface area contributed by atoms with Gasteiger partial charge in [0.05, 0.1) is 0 Å². The van der Waals surface area contributed by atoms with Gasteiger partial charge in [0.15, 0.2) is 0 Å². The fourth-order valence-electron chi connectivity index (χ4n) is 2.02. The maximum Gasteiger partial charge on any atom is 0.222 e. The molecular formula is C11H19NO2. The van der Waals surface area contributed by atoms with E-state index in [1.54, 1.807) is 6.92 Å². The Kier molecular flexibility index (Phi) is 4.11. The molecule has 1 amide bonds. The summed E-state index contributed by atoms with van der Waals surface area (Å²) in [7, 11) is 0. The predicted octanol–water partition coefficient (Wildman–Crippen LogP) is 1.61. The molecular weight excluding hydrogens is 178 g/mol. The van der Waals surface area contributed by atoms with Crippen molar-refractivity contribution in [2.75, 3.05) is 13.1 Å². The first-order chi connectivity index (χ1) is 6.63. The third-order valence-electron chi connectivity index (χ3n) is 2.85. The molecule has 1 fully saturated rings. The largest absolute Gasteiger partial charge is 0.343 e. The molecule has 80 valence electrons. The van der Waals surface area contributed by atoms with Gasteiger partial charge < -0.3 is 9.69 Å². The van der Waals surface area contributed by atoms with Gasteiger partial charge in [0.1, 0.15) is 5.78 Å². The molecule has 3 nitrogen and oxygen atoms in total. The van der Waals surface area contributed by atoms with Gasteiger partial charge in [-0.25, -0.2) is 0 Å². The van der Waals surface area contributed by atoms with Crippen molar-refractivity contribution >= 4 is 11.7 Å². The number of ketones is 1. The molecule has 0 bridgehead atoms. The lowest BCUT2D eigenvalue weighted by atomic mass is 9.92. The Balaban J connectivity index is 2.31. The van der Waals surface area contributed by atoms with E-state index in [4.69, 9.17) is 0 Å². The monoisotopic (exact) mass is 197 g/mol. The van der Waals surface area contributed by atoms with Crippen molar-refractivity contribution in [1.29, 1.82) is 0 Å². The van der Waals surface area contributed by atoms with Crippen molar-refractivity contribution in [1.82, 2.24) is 4.90 Å². The molecule has 0 unspecified atom stereocenters. The van der Waals surface area contributed by atoms with Gasteiger partial charge in [0.25, 0.3) is 0 Å². The number of likely N-dealkylation sites (tertiary alicyclic amines) is 1. The molecule has 1 heterocycles. The van der Waals surface area contributed by atoms with Crippen LogP contribution in [-0.4, -0.2) is 29.7 Å². The zero-order valence-corrected chi connectivity index (χ0v) is 9.08. The average molecular weight is 197 g/mol. The Labute approximate surface area is 85.5 Å². The molecule has 0 aromatic carbocycles. The number of amides is 1. The van der Waals surface area contributed by atoms with E-state index in [9.17, 15) is 9.59 Å². The van der Waals surface area contributed by atoms with E-state index in [-0.39, 0.29) is 11.7 Å². The van der Waals surface area contributed by atoms with Crippen LogP contribution in [0.4, 0.5) is 0 Å². The first kappa shape index (κ1) is 11.2. The third-order valence-corrected chi connectivity index (χ3v) is 2.85. The molecule has 1 saturated heterocycles. The molecule has 0 saturated carbocycles. The van der Waals surface area contributed by atoms with Gasteiger partial charge in [-0.1, -0.05) is 6.92 Å². The smallest absolute Gasteiger partial charge is 0.222 e. The van der Waals surface area contributed by atoms with Crippen LogP contribution >= 0.6 is 0 Å². The van der Waals surface area contributed by atoms with Crippen LogP contribution in [0.15, 0.2) is 0 Å². The van der Waals surface area contributed by atoms with E-state index >= 15 is 0 Å². The molecule has 0 radical (unpaired) electrons. The third kappa shape index (κ3) is 3.13. The first-order valence-corrected chi connectivity index (χ1v) is 5.40. The van der Waals surface area contributed by atoms with Gasteiger partial charge in [0.2, 0.25) is 5.91 Å². The van der Waals surface area contributed by atoms with Crippen LogP contribution in [-0.2, 0) is 9.59 Å². The van der Waals surface area contributed by atoms with E-state index in [1.165, 1.54) is 0 Å². The van der Waals surface area contributed by atoms with Crippen LogP contribution < -0.4 is 0 Å². The molecule has 0 atom stereocenters. The second kappa shape index (κ2) is 5.13. The maximum absolute atomic E-state index is 11.4. The normalized spacial score (nSPS) is 18.3. The second-order valence-electron chi connectivity index (χ2n) is 4.08. The molecule has 1 aliphatic rings. The summed E-state index contributed by atoms with van der Waals surface area (Å²) in [6.45, 7) is 5.21. The Bertz CT molecular complexity index is 217. The number of carbonyl (C=O) groups excluding carboxylic acids is 2. The van der Waals surface area contributed by atoms with Gasteiger partial charge in [0, 0.05) is 25.9 Å². The number of carbonyl (C=O) groups is 2. The average Bonchev–Trinajstić information content (AvgIpc) is 2.17. The quantitative estimate of drug-likeness (QED) is 0.689. The lowest BCUT2D eigenvalue weighted by Gasteiger charge is -2.31. The molecule has 0 aromatic heterocycles. The minimum Gasteiger partial charge on any atom is -0.343 e. The van der Waals surface area contributed by atoms with Gasteiger partial charge in [-0.3, -0.25) is 4.79 Å². The highest BCUT2D eigenvalue weighted by Gasteiger charge is 2.22. The highest BCUT2D eigenvalue weighted by molar-refractivity contribution is 5.76. The zero-order valence-electron chi connectivity index (χ0n) is 9.08. The summed E-state index contributed by atoms with van der Waals surface area (Å²) < 4.78 is 0. The lowest BCUT2D eigenvalue weighted by molar-refractivity contribution is -0.132. The number of nitrogens with zero attached hydrogens (tertiary/aromatic N) is 1. The minimum atomic E-state index is 0.242. The lowest BCUT2D eigenvalue weighted by Crippen LogP contribution is -2.38. The van der Waals surface area contributed by atoms with Crippen LogP contribution in [0.25, 0.3) is 0 Å². The molecule has 0 aliphatic carbocycles. The molecule has 14 heavy (non-hydrogen) atoms. The summed E-state index contributed by atoms with van der Waals surface area (Å²) in [5.41, 5.74) is 0. The molecule has 3 heteroatoms. The Morgan fingerprint density at radius 3 is 2.29 bits per heavy atom. The SMILES string of the molecule is CCC(=O)N1CCC(CC(C)=O)CC1. The van der Waals surface area contributed by atoms with E-state index in [0.717, 1.165) is 25.9 Å². The predicted molar refractivity (Wildman–Crippen MR) is 54.9 cm³/mol. The summed E-state index contributed by atoms with van der Waals surface area (Å²) in [5, 5.41) is 0. The van der Waals surface area contributed by atoms with Gasteiger partial charge >= 0.3 is 0 Å². The standard InChI is InChI=1S/C11H19NO2/c1-3-11(14)12-6-4-10(5-7-12)8-9(2)13/h10H,3-8H2,1-2H3. The second-order valence-corrected chi connectivity index (χ2v) is 4.08. The summed E-state index contributed by atoms with van der Waals surface area (Å²) in [6, 6.07) is 0. The van der Waals surface area contributed by atoms with Crippen molar-refractivity contribution in [3.8, 4) is 0 Å². The number of hydrogen-bond acceptors (Lipinski definition) is 2. The Hall–Kier alpha value is -0.860. The summed E-state index contributed by atoms with van der Waals surface area (Å²) in [6.07, 6.45) is 3.27. The van der Waals surface area contributed by atoms with Crippen molar-refractivity contribution in [2.45, 2.75) is 39.5 Å². The number of piperidine rings is 1. The van der Waals surface area contributed by atoms with Crippen molar-refractivity contribution < 1.29 is 9.59 Å². The van der Waals surface area contributed by atoms with E-state index in [0.29, 0.717) is 18.8 Å². The van der Waals surface area contributed by atoms with Gasteiger partial charge in [-0.15, -0.1) is 0 Å². The number of hydrogen-bond donors (Lipinski definition) is 0.